The average Bonchev–Trinajstić information content (AvgIpc) is 2.67. The molecule has 0 heterocycles. The van der Waals surface area contributed by atoms with Gasteiger partial charge in [0.2, 0.25) is 0 Å². The van der Waals surface area contributed by atoms with Crippen molar-refractivity contribution in [1.29, 1.82) is 0 Å². The van der Waals surface area contributed by atoms with E-state index >= 15 is 0 Å². The molecule has 2 N–H and O–H groups in total. The molecule has 0 aliphatic rings. The van der Waals surface area contributed by atoms with E-state index in [1.807, 2.05) is 38.1 Å². The van der Waals surface area contributed by atoms with E-state index in [9.17, 15) is 9.59 Å². The van der Waals surface area contributed by atoms with Crippen molar-refractivity contribution < 1.29 is 14.3 Å². The van der Waals surface area contributed by atoms with Crippen molar-refractivity contribution in [2.45, 2.75) is 65.5 Å². The van der Waals surface area contributed by atoms with Gasteiger partial charge in [0.1, 0.15) is 5.75 Å². The molecule has 0 aromatic heterocycles. The van der Waals surface area contributed by atoms with Gasteiger partial charge >= 0.3 is 0 Å². The van der Waals surface area contributed by atoms with Crippen LogP contribution < -0.4 is 15.4 Å². The molecule has 0 aliphatic carbocycles. The van der Waals surface area contributed by atoms with Gasteiger partial charge in [-0.2, -0.15) is 0 Å². The van der Waals surface area contributed by atoms with E-state index in [1.165, 1.54) is 5.56 Å². The number of anilines is 1. The molecule has 2 rings (SSSR count). The number of hydrogen-bond acceptors (Lipinski definition) is 3. The lowest BCUT2D eigenvalue weighted by molar-refractivity contribution is -0.122. The molecule has 2 aromatic rings. The molecule has 5 nitrogen and oxygen atoms in total. The van der Waals surface area contributed by atoms with Crippen molar-refractivity contribution in [1.82, 2.24) is 5.32 Å². The number of carbonyl (C=O) groups is 2. The van der Waals surface area contributed by atoms with Crippen molar-refractivity contribution >= 4 is 17.5 Å². The molecule has 2 atom stereocenters. The van der Waals surface area contributed by atoms with Crippen LogP contribution in [-0.4, -0.2) is 24.0 Å². The Morgan fingerprint density at radius 2 is 1.69 bits per heavy atom. The van der Waals surface area contributed by atoms with Crippen molar-refractivity contribution in [2.24, 2.45) is 0 Å². The fraction of sp³-hybridized carbons (Fsp3) is 0.417. The quantitative estimate of drug-likeness (QED) is 0.698. The van der Waals surface area contributed by atoms with Gasteiger partial charge in [0, 0.05) is 17.3 Å². The maximum absolute atomic E-state index is 12.5. The fourth-order valence-electron chi connectivity index (χ4n) is 2.68. The molecular weight excluding hydrogens is 364 g/mol. The second-order valence-corrected chi connectivity index (χ2v) is 8.39. The average molecular weight is 397 g/mol. The van der Waals surface area contributed by atoms with Crippen LogP contribution in [0.4, 0.5) is 5.69 Å². The summed E-state index contributed by atoms with van der Waals surface area (Å²) in [7, 11) is 0. The standard InChI is InChI=1S/C24H32N2O3/c1-7-16(2)25-23(28)18-9-8-10-20(15-18)26-22(27)17(3)29-21-13-11-19(12-14-21)24(4,5)6/h8-17H,7H2,1-6H3,(H,25,28)(H,26,27). The van der Waals surface area contributed by atoms with Crippen LogP contribution in [0.15, 0.2) is 48.5 Å². The van der Waals surface area contributed by atoms with Gasteiger partial charge in [0.15, 0.2) is 6.10 Å². The van der Waals surface area contributed by atoms with Crippen LogP contribution >= 0.6 is 0 Å². The second kappa shape index (κ2) is 9.59. The van der Waals surface area contributed by atoms with E-state index in [4.69, 9.17) is 4.74 Å². The van der Waals surface area contributed by atoms with Gasteiger partial charge in [-0.25, -0.2) is 0 Å². The lowest BCUT2D eigenvalue weighted by atomic mass is 9.87. The van der Waals surface area contributed by atoms with Crippen LogP contribution in [0.2, 0.25) is 0 Å². The first-order valence-electron chi connectivity index (χ1n) is 10.1. The van der Waals surface area contributed by atoms with E-state index in [-0.39, 0.29) is 23.3 Å². The van der Waals surface area contributed by atoms with E-state index in [1.54, 1.807) is 31.2 Å². The molecule has 0 radical (unpaired) electrons. The smallest absolute Gasteiger partial charge is 0.265 e. The summed E-state index contributed by atoms with van der Waals surface area (Å²) in [6.45, 7) is 12.1. The first-order valence-corrected chi connectivity index (χ1v) is 10.1. The van der Waals surface area contributed by atoms with Crippen molar-refractivity contribution in [2.75, 3.05) is 5.32 Å². The minimum Gasteiger partial charge on any atom is -0.481 e. The van der Waals surface area contributed by atoms with Crippen LogP contribution in [-0.2, 0) is 10.2 Å². The molecule has 0 aliphatic heterocycles. The van der Waals surface area contributed by atoms with Crippen LogP contribution in [0.25, 0.3) is 0 Å². The van der Waals surface area contributed by atoms with Gasteiger partial charge in [0.05, 0.1) is 0 Å². The largest absolute Gasteiger partial charge is 0.481 e. The monoisotopic (exact) mass is 396 g/mol. The number of amides is 2. The van der Waals surface area contributed by atoms with E-state index in [2.05, 4.69) is 31.4 Å². The summed E-state index contributed by atoms with van der Waals surface area (Å²) in [6, 6.07) is 14.8. The predicted octanol–water partition coefficient (Wildman–Crippen LogP) is 4.92. The van der Waals surface area contributed by atoms with Gasteiger partial charge < -0.3 is 15.4 Å². The Bertz CT molecular complexity index is 838. The normalized spacial score (nSPS) is 13.3. The SMILES string of the molecule is CCC(C)NC(=O)c1cccc(NC(=O)C(C)Oc2ccc(C(C)(C)C)cc2)c1. The van der Waals surface area contributed by atoms with Gasteiger partial charge in [-0.3, -0.25) is 9.59 Å². The number of rotatable bonds is 7. The summed E-state index contributed by atoms with van der Waals surface area (Å²) in [5, 5.41) is 5.74. The van der Waals surface area contributed by atoms with Crippen LogP contribution in [0.1, 0.15) is 63.9 Å². The van der Waals surface area contributed by atoms with Crippen molar-refractivity contribution in [3.8, 4) is 5.75 Å². The molecule has 156 valence electrons. The molecule has 0 saturated carbocycles. The fourth-order valence-corrected chi connectivity index (χ4v) is 2.68. The molecule has 5 heteroatoms. The number of benzene rings is 2. The van der Waals surface area contributed by atoms with Crippen LogP contribution in [0, 0.1) is 0 Å². The zero-order chi connectivity index (χ0) is 21.6. The Balaban J connectivity index is 1.99. The summed E-state index contributed by atoms with van der Waals surface area (Å²) in [4.78, 5) is 24.8. The van der Waals surface area contributed by atoms with Gasteiger partial charge in [-0.05, 0) is 61.6 Å². The summed E-state index contributed by atoms with van der Waals surface area (Å²) in [5.74, 6) is 0.213. The third kappa shape index (κ3) is 6.63. The lowest BCUT2D eigenvalue weighted by Gasteiger charge is -2.20. The first kappa shape index (κ1) is 22.5. The Labute approximate surface area is 173 Å². The maximum Gasteiger partial charge on any atom is 0.265 e. The summed E-state index contributed by atoms with van der Waals surface area (Å²) in [5.41, 5.74) is 2.34. The third-order valence-corrected chi connectivity index (χ3v) is 4.78. The molecule has 0 fully saturated rings. The molecule has 0 bridgehead atoms. The van der Waals surface area contributed by atoms with Crippen molar-refractivity contribution in [3.05, 3.63) is 59.7 Å². The number of carbonyl (C=O) groups excluding carboxylic acids is 2. The van der Waals surface area contributed by atoms with E-state index in [0.29, 0.717) is 17.0 Å². The highest BCUT2D eigenvalue weighted by atomic mass is 16.5. The van der Waals surface area contributed by atoms with Gasteiger partial charge in [0.25, 0.3) is 11.8 Å². The molecule has 0 saturated heterocycles. The minimum absolute atomic E-state index is 0.0632. The topological polar surface area (TPSA) is 67.4 Å². The van der Waals surface area contributed by atoms with Crippen molar-refractivity contribution in [3.63, 3.8) is 0 Å². The highest BCUT2D eigenvalue weighted by Crippen LogP contribution is 2.24. The Morgan fingerprint density at radius 1 is 1.03 bits per heavy atom. The zero-order valence-corrected chi connectivity index (χ0v) is 18.2. The Kier molecular flexibility index (Phi) is 7.43. The highest BCUT2D eigenvalue weighted by Gasteiger charge is 2.17. The molecule has 2 aromatic carbocycles. The summed E-state index contributed by atoms with van der Waals surface area (Å²) in [6.07, 6.45) is 0.182. The summed E-state index contributed by atoms with van der Waals surface area (Å²) < 4.78 is 5.77. The van der Waals surface area contributed by atoms with E-state index in [0.717, 1.165) is 6.42 Å². The number of nitrogens with one attached hydrogen (secondary N) is 2. The lowest BCUT2D eigenvalue weighted by Crippen LogP contribution is -2.32. The number of ether oxygens (including phenoxy) is 1. The molecular formula is C24H32N2O3. The molecule has 0 spiro atoms. The molecule has 2 unspecified atom stereocenters. The van der Waals surface area contributed by atoms with Gasteiger partial charge in [-0.1, -0.05) is 45.9 Å². The zero-order valence-electron chi connectivity index (χ0n) is 18.2. The Hall–Kier alpha value is -2.82. The third-order valence-electron chi connectivity index (χ3n) is 4.78. The van der Waals surface area contributed by atoms with Crippen LogP contribution in [0.3, 0.4) is 0 Å². The maximum atomic E-state index is 12.5. The highest BCUT2D eigenvalue weighted by molar-refractivity contribution is 5.98. The first-order chi connectivity index (χ1) is 13.6. The van der Waals surface area contributed by atoms with Crippen LogP contribution in [0.5, 0.6) is 5.75 Å². The Morgan fingerprint density at radius 3 is 2.28 bits per heavy atom. The predicted molar refractivity (Wildman–Crippen MR) is 118 cm³/mol. The second-order valence-electron chi connectivity index (χ2n) is 8.39. The molecule has 2 amide bonds. The number of hydrogen-bond donors (Lipinski definition) is 2. The van der Waals surface area contributed by atoms with E-state index < -0.39 is 6.10 Å². The van der Waals surface area contributed by atoms with Gasteiger partial charge in [-0.15, -0.1) is 0 Å². The molecule has 29 heavy (non-hydrogen) atoms. The minimum atomic E-state index is -0.673. The summed E-state index contributed by atoms with van der Waals surface area (Å²) >= 11 is 0.